The molecule has 23 heavy (non-hydrogen) atoms. The summed E-state index contributed by atoms with van der Waals surface area (Å²) in [7, 11) is 0. The van der Waals surface area contributed by atoms with Crippen molar-refractivity contribution in [2.45, 2.75) is 32.5 Å². The first-order chi connectivity index (χ1) is 10.7. The van der Waals surface area contributed by atoms with E-state index in [2.05, 4.69) is 16.4 Å². The molecule has 0 radical (unpaired) electrons. The summed E-state index contributed by atoms with van der Waals surface area (Å²) in [6, 6.07) is 0. The number of hydrogen-bond donors (Lipinski definition) is 4. The Bertz CT molecular complexity index is 653. The van der Waals surface area contributed by atoms with Crippen molar-refractivity contribution >= 4 is 34.1 Å². The van der Waals surface area contributed by atoms with Crippen LogP contribution in [0.4, 0.5) is 5.00 Å². The van der Waals surface area contributed by atoms with E-state index in [9.17, 15) is 14.4 Å². The largest absolute Gasteiger partial charge is 0.370 e. The lowest BCUT2D eigenvalue weighted by molar-refractivity contribution is -0.364. The summed E-state index contributed by atoms with van der Waals surface area (Å²) in [5, 5.41) is 5.19. The first kappa shape index (κ1) is 17.4. The van der Waals surface area contributed by atoms with E-state index >= 15 is 0 Å². The van der Waals surface area contributed by atoms with Gasteiger partial charge in [-0.15, -0.1) is 11.3 Å². The van der Waals surface area contributed by atoms with Gasteiger partial charge in [0.05, 0.1) is 30.9 Å². The molecule has 0 aromatic carbocycles. The van der Waals surface area contributed by atoms with Crippen LogP contribution < -0.4 is 22.1 Å². The summed E-state index contributed by atoms with van der Waals surface area (Å²) in [4.78, 5) is 36.2. The van der Waals surface area contributed by atoms with Crippen molar-refractivity contribution in [3.8, 4) is 0 Å². The minimum absolute atomic E-state index is 0.264. The Hall–Kier alpha value is -1.97. The Labute approximate surface area is 137 Å². The average Bonchev–Trinajstić information content (AvgIpc) is 2.80. The SMILES string of the molecule is CC1(C)Cc2c(sc(NC(=O)C(=O)NCC[NH3+])c2C(N)=O)CO1. The monoisotopic (exact) mass is 341 g/mol. The van der Waals surface area contributed by atoms with Gasteiger partial charge in [-0.05, 0) is 19.4 Å². The number of carbonyl (C=O) groups is 3. The van der Waals surface area contributed by atoms with Gasteiger partial charge in [0.25, 0.3) is 5.91 Å². The number of rotatable bonds is 4. The number of quaternary nitrogens is 1. The van der Waals surface area contributed by atoms with Crippen molar-refractivity contribution in [1.82, 2.24) is 5.32 Å². The number of fused-ring (bicyclic) bond motifs is 1. The van der Waals surface area contributed by atoms with Crippen LogP contribution in [-0.4, -0.2) is 36.4 Å². The molecule has 0 saturated carbocycles. The summed E-state index contributed by atoms with van der Waals surface area (Å²) in [5.41, 5.74) is 9.68. The highest BCUT2D eigenvalue weighted by atomic mass is 32.1. The molecule has 0 atom stereocenters. The standard InChI is InChI=1S/C14H20N4O4S/c1-14(2)5-7-8(6-22-14)23-13(9(7)10(16)19)18-12(21)11(20)17-4-3-15/h3-6,15H2,1-2H3,(H2,16,19)(H,17,20)(H,18,21)/p+1. The Morgan fingerprint density at radius 1 is 1.35 bits per heavy atom. The minimum Gasteiger partial charge on any atom is -0.370 e. The molecule has 1 aromatic heterocycles. The molecule has 2 rings (SSSR count). The molecule has 8 nitrogen and oxygen atoms in total. The zero-order valence-electron chi connectivity index (χ0n) is 13.2. The van der Waals surface area contributed by atoms with Gasteiger partial charge in [0, 0.05) is 11.3 Å². The quantitative estimate of drug-likeness (QED) is 0.521. The number of amides is 3. The van der Waals surface area contributed by atoms with E-state index in [0.717, 1.165) is 10.4 Å². The molecule has 3 amide bonds. The molecular weight excluding hydrogens is 320 g/mol. The molecular formula is C14H21N4O4S+. The van der Waals surface area contributed by atoms with E-state index in [1.807, 2.05) is 13.8 Å². The second-order valence-corrected chi connectivity index (χ2v) is 6.97. The third-order valence-electron chi connectivity index (χ3n) is 3.43. The number of carbonyl (C=O) groups excluding carboxylic acids is 3. The van der Waals surface area contributed by atoms with Gasteiger partial charge in [0.15, 0.2) is 0 Å². The number of thiophene rings is 1. The van der Waals surface area contributed by atoms with Crippen molar-refractivity contribution < 1.29 is 24.9 Å². The van der Waals surface area contributed by atoms with E-state index in [1.54, 1.807) is 0 Å². The molecule has 0 saturated heterocycles. The maximum Gasteiger partial charge on any atom is 0.314 e. The highest BCUT2D eigenvalue weighted by molar-refractivity contribution is 7.17. The third-order valence-corrected chi connectivity index (χ3v) is 4.55. The van der Waals surface area contributed by atoms with Gasteiger partial charge >= 0.3 is 11.8 Å². The fourth-order valence-corrected chi connectivity index (χ4v) is 3.48. The van der Waals surface area contributed by atoms with Crippen LogP contribution in [0.25, 0.3) is 0 Å². The summed E-state index contributed by atoms with van der Waals surface area (Å²) < 4.78 is 5.70. The number of hydrogen-bond acceptors (Lipinski definition) is 5. The van der Waals surface area contributed by atoms with Gasteiger partial charge in [-0.1, -0.05) is 0 Å². The van der Waals surface area contributed by atoms with E-state index in [1.165, 1.54) is 11.3 Å². The van der Waals surface area contributed by atoms with Crippen LogP contribution in [0.3, 0.4) is 0 Å². The van der Waals surface area contributed by atoms with Crippen molar-refractivity contribution in [1.29, 1.82) is 0 Å². The molecule has 0 spiro atoms. The van der Waals surface area contributed by atoms with Gasteiger partial charge in [-0.2, -0.15) is 0 Å². The van der Waals surface area contributed by atoms with Crippen LogP contribution in [0.2, 0.25) is 0 Å². The zero-order valence-corrected chi connectivity index (χ0v) is 14.0. The number of nitrogens with one attached hydrogen (secondary N) is 2. The van der Waals surface area contributed by atoms with Gasteiger partial charge in [-0.3, -0.25) is 14.4 Å². The highest BCUT2D eigenvalue weighted by Gasteiger charge is 2.33. The Morgan fingerprint density at radius 2 is 2.04 bits per heavy atom. The van der Waals surface area contributed by atoms with Crippen LogP contribution in [-0.2, 0) is 27.4 Å². The first-order valence-corrected chi connectivity index (χ1v) is 8.03. The number of primary amides is 1. The van der Waals surface area contributed by atoms with Crippen LogP contribution >= 0.6 is 11.3 Å². The Kier molecular flexibility index (Phi) is 5.03. The smallest absolute Gasteiger partial charge is 0.314 e. The van der Waals surface area contributed by atoms with E-state index in [-0.39, 0.29) is 5.56 Å². The Morgan fingerprint density at radius 3 is 2.65 bits per heavy atom. The van der Waals surface area contributed by atoms with Gasteiger partial charge in [-0.25, -0.2) is 0 Å². The average molecular weight is 341 g/mol. The lowest BCUT2D eigenvalue weighted by atomic mass is 9.93. The van der Waals surface area contributed by atoms with E-state index in [4.69, 9.17) is 10.5 Å². The highest BCUT2D eigenvalue weighted by Crippen LogP contribution is 2.40. The normalized spacial score (nSPS) is 15.6. The third kappa shape index (κ3) is 3.87. The lowest BCUT2D eigenvalue weighted by Gasteiger charge is -2.30. The minimum atomic E-state index is -0.834. The maximum absolute atomic E-state index is 11.9. The second kappa shape index (κ2) is 6.65. The van der Waals surface area contributed by atoms with Crippen molar-refractivity contribution in [3.63, 3.8) is 0 Å². The summed E-state index contributed by atoms with van der Waals surface area (Å²) >= 11 is 1.21. The summed E-state index contributed by atoms with van der Waals surface area (Å²) in [6.07, 6.45) is 0.515. The molecule has 1 aromatic rings. The fraction of sp³-hybridized carbons (Fsp3) is 0.500. The first-order valence-electron chi connectivity index (χ1n) is 7.22. The van der Waals surface area contributed by atoms with Crippen molar-refractivity contribution in [3.05, 3.63) is 16.0 Å². The van der Waals surface area contributed by atoms with Crippen LogP contribution in [0.1, 0.15) is 34.6 Å². The number of ether oxygens (including phenoxy) is 1. The molecule has 1 aliphatic heterocycles. The molecule has 9 heteroatoms. The zero-order chi connectivity index (χ0) is 17.2. The summed E-state index contributed by atoms with van der Waals surface area (Å²) in [6.45, 7) is 4.96. The lowest BCUT2D eigenvalue weighted by Crippen LogP contribution is -2.55. The predicted octanol–water partition coefficient (Wildman–Crippen LogP) is -1.01. The Balaban J connectivity index is 2.26. The molecule has 0 aliphatic carbocycles. The molecule has 2 heterocycles. The predicted molar refractivity (Wildman–Crippen MR) is 84.8 cm³/mol. The number of anilines is 1. The molecule has 0 unspecified atom stereocenters. The van der Waals surface area contributed by atoms with Gasteiger partial charge < -0.3 is 26.8 Å². The maximum atomic E-state index is 11.9. The van der Waals surface area contributed by atoms with E-state index < -0.39 is 23.3 Å². The molecule has 0 fully saturated rings. The van der Waals surface area contributed by atoms with Crippen LogP contribution in [0.15, 0.2) is 0 Å². The van der Waals surface area contributed by atoms with Gasteiger partial charge in [0.2, 0.25) is 0 Å². The van der Waals surface area contributed by atoms with Crippen LogP contribution in [0, 0.1) is 0 Å². The molecule has 126 valence electrons. The molecule has 1 aliphatic rings. The van der Waals surface area contributed by atoms with Gasteiger partial charge in [0.1, 0.15) is 5.00 Å². The second-order valence-electron chi connectivity index (χ2n) is 5.86. The molecule has 0 bridgehead atoms. The topological polar surface area (TPSA) is 138 Å². The van der Waals surface area contributed by atoms with E-state index in [0.29, 0.717) is 31.1 Å². The molecule has 7 N–H and O–H groups in total. The number of nitrogens with two attached hydrogens (primary N) is 1. The van der Waals surface area contributed by atoms with Crippen molar-refractivity contribution in [2.75, 3.05) is 18.4 Å². The van der Waals surface area contributed by atoms with Crippen molar-refractivity contribution in [2.24, 2.45) is 5.73 Å². The van der Waals surface area contributed by atoms with Crippen LogP contribution in [0.5, 0.6) is 0 Å². The fourth-order valence-electron chi connectivity index (χ4n) is 2.34. The summed E-state index contributed by atoms with van der Waals surface area (Å²) in [5.74, 6) is -2.24.